The molecule has 110 valence electrons. The third-order valence-electron chi connectivity index (χ3n) is 4.19. The van der Waals surface area contributed by atoms with E-state index in [1.54, 1.807) is 6.07 Å². The van der Waals surface area contributed by atoms with E-state index in [9.17, 15) is 4.79 Å². The summed E-state index contributed by atoms with van der Waals surface area (Å²) < 4.78 is 0. The van der Waals surface area contributed by atoms with Crippen molar-refractivity contribution in [1.82, 2.24) is 4.90 Å². The molecule has 0 radical (unpaired) electrons. The third-order valence-corrected chi connectivity index (χ3v) is 4.19. The van der Waals surface area contributed by atoms with E-state index in [0.29, 0.717) is 11.3 Å². The minimum Gasteiger partial charge on any atom is -0.399 e. The van der Waals surface area contributed by atoms with Crippen LogP contribution in [0.2, 0.25) is 0 Å². The lowest BCUT2D eigenvalue weighted by molar-refractivity contribution is 0.0684. The molecule has 3 nitrogen and oxygen atoms in total. The van der Waals surface area contributed by atoms with Crippen LogP contribution in [0.1, 0.15) is 49.9 Å². The van der Waals surface area contributed by atoms with Crippen LogP contribution in [-0.4, -0.2) is 23.9 Å². The van der Waals surface area contributed by atoms with Crippen molar-refractivity contribution in [1.29, 1.82) is 0 Å². The van der Waals surface area contributed by atoms with Gasteiger partial charge >= 0.3 is 0 Å². The van der Waals surface area contributed by atoms with Gasteiger partial charge in [-0.2, -0.15) is 0 Å². The topological polar surface area (TPSA) is 46.3 Å². The Balaban J connectivity index is 1.86. The van der Waals surface area contributed by atoms with Crippen molar-refractivity contribution in [2.24, 2.45) is 11.8 Å². The number of benzene rings is 1. The average Bonchev–Trinajstić information content (AvgIpc) is 2.45. The Morgan fingerprint density at radius 1 is 1.35 bits per heavy atom. The number of carbonyl (C=O) groups is 1. The Kier molecular flexibility index (Phi) is 5.05. The van der Waals surface area contributed by atoms with Gasteiger partial charge in [0.15, 0.2) is 0 Å². The quantitative estimate of drug-likeness (QED) is 0.853. The molecule has 1 saturated heterocycles. The van der Waals surface area contributed by atoms with Gasteiger partial charge in [-0.15, -0.1) is 0 Å². The molecule has 1 aromatic rings. The molecular formula is C17H26N2O. The molecule has 0 aromatic heterocycles. The fourth-order valence-electron chi connectivity index (χ4n) is 2.85. The largest absolute Gasteiger partial charge is 0.399 e. The van der Waals surface area contributed by atoms with E-state index in [0.717, 1.165) is 37.8 Å². The second kappa shape index (κ2) is 6.78. The lowest BCUT2D eigenvalue weighted by atomic mass is 9.89. The monoisotopic (exact) mass is 274 g/mol. The zero-order chi connectivity index (χ0) is 14.5. The fourth-order valence-corrected chi connectivity index (χ4v) is 2.85. The number of rotatable bonds is 4. The van der Waals surface area contributed by atoms with Gasteiger partial charge in [-0.3, -0.25) is 4.79 Å². The zero-order valence-corrected chi connectivity index (χ0v) is 12.6. The van der Waals surface area contributed by atoms with E-state index in [1.165, 1.54) is 12.8 Å². The minimum atomic E-state index is 0.125. The second-order valence-electron chi connectivity index (χ2n) is 6.33. The number of likely N-dealkylation sites (tertiary alicyclic amines) is 1. The summed E-state index contributed by atoms with van der Waals surface area (Å²) in [5.41, 5.74) is 7.11. The van der Waals surface area contributed by atoms with E-state index in [2.05, 4.69) is 13.8 Å². The first-order valence-corrected chi connectivity index (χ1v) is 7.71. The molecule has 2 rings (SSSR count). The number of amides is 1. The molecule has 0 saturated carbocycles. The van der Waals surface area contributed by atoms with Crippen molar-refractivity contribution < 1.29 is 4.79 Å². The summed E-state index contributed by atoms with van der Waals surface area (Å²) in [7, 11) is 0. The number of nitrogen functional groups attached to an aromatic ring is 1. The Labute approximate surface area is 122 Å². The van der Waals surface area contributed by atoms with Crippen LogP contribution in [0.25, 0.3) is 0 Å². The van der Waals surface area contributed by atoms with Gasteiger partial charge in [0.05, 0.1) is 0 Å². The minimum absolute atomic E-state index is 0.125. The molecule has 0 bridgehead atoms. The zero-order valence-electron chi connectivity index (χ0n) is 12.6. The van der Waals surface area contributed by atoms with Crippen molar-refractivity contribution in [3.05, 3.63) is 29.8 Å². The van der Waals surface area contributed by atoms with Gasteiger partial charge in [-0.1, -0.05) is 32.8 Å². The fraction of sp³-hybridized carbons (Fsp3) is 0.588. The molecule has 1 aliphatic heterocycles. The normalized spacial score (nSPS) is 16.6. The first-order valence-electron chi connectivity index (χ1n) is 7.71. The van der Waals surface area contributed by atoms with Crippen LogP contribution in [0.5, 0.6) is 0 Å². The highest BCUT2D eigenvalue weighted by Gasteiger charge is 2.23. The summed E-state index contributed by atoms with van der Waals surface area (Å²) in [6, 6.07) is 7.28. The highest BCUT2D eigenvalue weighted by atomic mass is 16.2. The van der Waals surface area contributed by atoms with E-state index < -0.39 is 0 Å². The van der Waals surface area contributed by atoms with Crippen LogP contribution in [-0.2, 0) is 0 Å². The smallest absolute Gasteiger partial charge is 0.253 e. The van der Waals surface area contributed by atoms with Crippen LogP contribution < -0.4 is 5.73 Å². The van der Waals surface area contributed by atoms with Gasteiger partial charge in [0.1, 0.15) is 0 Å². The molecule has 0 atom stereocenters. The van der Waals surface area contributed by atoms with Gasteiger partial charge in [0, 0.05) is 24.3 Å². The summed E-state index contributed by atoms with van der Waals surface area (Å²) in [5.74, 6) is 1.70. The maximum Gasteiger partial charge on any atom is 0.253 e. The molecule has 0 unspecified atom stereocenters. The maximum atomic E-state index is 12.4. The number of carbonyl (C=O) groups excluding carboxylic acids is 1. The van der Waals surface area contributed by atoms with Gasteiger partial charge < -0.3 is 10.6 Å². The molecular weight excluding hydrogens is 248 g/mol. The predicted molar refractivity (Wildman–Crippen MR) is 83.6 cm³/mol. The summed E-state index contributed by atoms with van der Waals surface area (Å²) in [6.45, 7) is 6.32. The van der Waals surface area contributed by atoms with E-state index in [4.69, 9.17) is 5.73 Å². The first kappa shape index (κ1) is 14.9. The molecule has 1 aliphatic rings. The molecule has 1 amide bonds. The molecule has 0 aliphatic carbocycles. The molecule has 0 spiro atoms. The number of nitrogens with two attached hydrogens (primary N) is 1. The van der Waals surface area contributed by atoms with Crippen LogP contribution in [0.3, 0.4) is 0 Å². The van der Waals surface area contributed by atoms with Crippen molar-refractivity contribution >= 4 is 11.6 Å². The molecule has 3 heteroatoms. The molecule has 20 heavy (non-hydrogen) atoms. The van der Waals surface area contributed by atoms with Crippen LogP contribution in [0.15, 0.2) is 24.3 Å². The third kappa shape index (κ3) is 3.99. The van der Waals surface area contributed by atoms with Crippen LogP contribution in [0.4, 0.5) is 5.69 Å². The van der Waals surface area contributed by atoms with Crippen molar-refractivity contribution in [2.75, 3.05) is 18.8 Å². The summed E-state index contributed by atoms with van der Waals surface area (Å²) in [5, 5.41) is 0. The van der Waals surface area contributed by atoms with Crippen LogP contribution in [0, 0.1) is 11.8 Å². The Morgan fingerprint density at radius 2 is 2.05 bits per heavy atom. The summed E-state index contributed by atoms with van der Waals surface area (Å²) in [4.78, 5) is 14.4. The van der Waals surface area contributed by atoms with E-state index >= 15 is 0 Å². The van der Waals surface area contributed by atoms with E-state index in [1.807, 2.05) is 23.1 Å². The second-order valence-corrected chi connectivity index (χ2v) is 6.33. The van der Waals surface area contributed by atoms with Crippen LogP contribution >= 0.6 is 0 Å². The SMILES string of the molecule is CC(C)CCC1CCN(C(=O)c2cccc(N)c2)CC1. The Bertz CT molecular complexity index is 448. The van der Waals surface area contributed by atoms with Gasteiger partial charge in [0.2, 0.25) is 0 Å². The van der Waals surface area contributed by atoms with Crippen molar-refractivity contribution in [3.63, 3.8) is 0 Å². The lowest BCUT2D eigenvalue weighted by Crippen LogP contribution is -2.38. The molecule has 1 fully saturated rings. The molecule has 1 aromatic carbocycles. The van der Waals surface area contributed by atoms with E-state index in [-0.39, 0.29) is 5.91 Å². The molecule has 2 N–H and O–H groups in total. The van der Waals surface area contributed by atoms with Crippen molar-refractivity contribution in [3.8, 4) is 0 Å². The number of hydrogen-bond donors (Lipinski definition) is 1. The highest BCUT2D eigenvalue weighted by Crippen LogP contribution is 2.24. The standard InChI is InChI=1S/C17H26N2O/c1-13(2)6-7-14-8-10-19(11-9-14)17(20)15-4-3-5-16(18)12-15/h3-5,12-14H,6-11,18H2,1-2H3. The average molecular weight is 274 g/mol. The number of nitrogens with zero attached hydrogens (tertiary/aromatic N) is 1. The number of anilines is 1. The highest BCUT2D eigenvalue weighted by molar-refractivity contribution is 5.95. The summed E-state index contributed by atoms with van der Waals surface area (Å²) >= 11 is 0. The lowest BCUT2D eigenvalue weighted by Gasteiger charge is -2.32. The molecule has 1 heterocycles. The number of piperidine rings is 1. The first-order chi connectivity index (χ1) is 9.56. The predicted octanol–water partition coefficient (Wildman–Crippen LogP) is 3.56. The van der Waals surface area contributed by atoms with Gasteiger partial charge in [-0.25, -0.2) is 0 Å². The number of hydrogen-bond acceptors (Lipinski definition) is 2. The van der Waals surface area contributed by atoms with Crippen molar-refractivity contribution in [2.45, 2.75) is 39.5 Å². The van der Waals surface area contributed by atoms with Gasteiger partial charge in [-0.05, 0) is 42.9 Å². The van der Waals surface area contributed by atoms with Gasteiger partial charge in [0.25, 0.3) is 5.91 Å². The maximum absolute atomic E-state index is 12.4. The Hall–Kier alpha value is -1.51. The summed E-state index contributed by atoms with van der Waals surface area (Å²) in [6.07, 6.45) is 4.88. The Morgan fingerprint density at radius 3 is 2.65 bits per heavy atom.